The van der Waals surface area contributed by atoms with E-state index in [0.29, 0.717) is 12.2 Å². The lowest BCUT2D eigenvalue weighted by Crippen LogP contribution is -2.37. The van der Waals surface area contributed by atoms with Crippen molar-refractivity contribution in [2.45, 2.75) is 25.8 Å². The van der Waals surface area contributed by atoms with Crippen molar-refractivity contribution in [3.8, 4) is 11.3 Å². The lowest BCUT2D eigenvalue weighted by atomic mass is 10.2. The van der Waals surface area contributed by atoms with E-state index in [-0.39, 0.29) is 18.6 Å². The van der Waals surface area contributed by atoms with Crippen molar-refractivity contribution < 1.29 is 9.90 Å². The van der Waals surface area contributed by atoms with Crippen molar-refractivity contribution >= 4 is 17.2 Å². The summed E-state index contributed by atoms with van der Waals surface area (Å²) in [6.07, 6.45) is 3.64. The fraction of sp³-hybridized carbons (Fsp3) is 0.429. The molecule has 106 valence electrons. The number of aromatic amines is 1. The van der Waals surface area contributed by atoms with Gasteiger partial charge in [0.1, 0.15) is 5.69 Å². The van der Waals surface area contributed by atoms with E-state index in [1.54, 1.807) is 16.2 Å². The number of aryl methyl sites for hydroxylation is 1. The first-order chi connectivity index (χ1) is 9.69. The molecule has 1 aliphatic heterocycles. The highest BCUT2D eigenvalue weighted by atomic mass is 32.1. The van der Waals surface area contributed by atoms with Crippen molar-refractivity contribution in [1.82, 2.24) is 14.9 Å². The zero-order valence-corrected chi connectivity index (χ0v) is 12.1. The number of H-pyrrole nitrogens is 1. The molecule has 2 aromatic heterocycles. The van der Waals surface area contributed by atoms with Crippen LogP contribution in [0.3, 0.4) is 0 Å². The molecule has 20 heavy (non-hydrogen) atoms. The monoisotopic (exact) mass is 291 g/mol. The third-order valence-corrected chi connectivity index (χ3v) is 4.45. The molecule has 0 bridgehead atoms. The van der Waals surface area contributed by atoms with Gasteiger partial charge in [0.25, 0.3) is 5.91 Å². The van der Waals surface area contributed by atoms with E-state index in [4.69, 9.17) is 0 Å². The van der Waals surface area contributed by atoms with Crippen molar-refractivity contribution in [3.05, 3.63) is 28.3 Å². The number of amides is 1. The fourth-order valence-electron chi connectivity index (χ4n) is 2.61. The van der Waals surface area contributed by atoms with Gasteiger partial charge < -0.3 is 15.0 Å². The number of hydrogen-bond acceptors (Lipinski definition) is 4. The molecule has 2 N–H and O–H groups in total. The molecule has 1 unspecified atom stereocenters. The molecule has 3 rings (SSSR count). The van der Waals surface area contributed by atoms with E-state index in [1.807, 2.05) is 24.6 Å². The van der Waals surface area contributed by atoms with Gasteiger partial charge in [0.05, 0.1) is 23.4 Å². The second-order valence-electron chi connectivity index (χ2n) is 5.03. The van der Waals surface area contributed by atoms with E-state index in [1.165, 1.54) is 0 Å². The Balaban J connectivity index is 1.81. The topological polar surface area (TPSA) is 69.2 Å². The number of nitrogens with zero attached hydrogens (tertiary/aromatic N) is 2. The molecule has 3 heterocycles. The van der Waals surface area contributed by atoms with Crippen LogP contribution >= 0.6 is 11.3 Å². The third kappa shape index (κ3) is 2.36. The zero-order chi connectivity index (χ0) is 14.1. The van der Waals surface area contributed by atoms with E-state index < -0.39 is 0 Å². The highest BCUT2D eigenvalue weighted by Crippen LogP contribution is 2.24. The molecule has 1 saturated heterocycles. The number of rotatable bonds is 3. The lowest BCUT2D eigenvalue weighted by molar-refractivity contribution is 0.0672. The predicted octanol–water partition coefficient (Wildman–Crippen LogP) is 2.04. The van der Waals surface area contributed by atoms with Gasteiger partial charge in [-0.2, -0.15) is 0 Å². The maximum atomic E-state index is 12.4. The van der Waals surface area contributed by atoms with Crippen LogP contribution < -0.4 is 0 Å². The number of thiazole rings is 1. The number of aliphatic hydroxyl groups excluding tert-OH is 1. The van der Waals surface area contributed by atoms with Gasteiger partial charge in [0.2, 0.25) is 0 Å². The van der Waals surface area contributed by atoms with Crippen LogP contribution in [-0.2, 0) is 0 Å². The highest BCUT2D eigenvalue weighted by molar-refractivity contribution is 7.09. The SMILES string of the molecule is Cc1nc(-c2c[nH]c(C(=O)N3CCCC3CO)c2)cs1. The normalized spacial score (nSPS) is 18.7. The van der Waals surface area contributed by atoms with Crippen LogP contribution in [0.4, 0.5) is 0 Å². The van der Waals surface area contributed by atoms with Crippen LogP contribution in [0.5, 0.6) is 0 Å². The van der Waals surface area contributed by atoms with Crippen LogP contribution in [0.15, 0.2) is 17.6 Å². The minimum atomic E-state index is -0.0456. The number of aliphatic hydroxyl groups is 1. The summed E-state index contributed by atoms with van der Waals surface area (Å²) in [5.74, 6) is -0.0419. The van der Waals surface area contributed by atoms with E-state index >= 15 is 0 Å². The Bertz CT molecular complexity index is 619. The third-order valence-electron chi connectivity index (χ3n) is 3.68. The molecule has 0 spiro atoms. The average molecular weight is 291 g/mol. The van der Waals surface area contributed by atoms with Crippen molar-refractivity contribution in [2.24, 2.45) is 0 Å². The molecule has 0 radical (unpaired) electrons. The van der Waals surface area contributed by atoms with Gasteiger partial charge in [-0.15, -0.1) is 11.3 Å². The summed E-state index contributed by atoms with van der Waals surface area (Å²) in [5, 5.41) is 12.3. The molecule has 5 nitrogen and oxygen atoms in total. The Labute approximate surface area is 121 Å². The van der Waals surface area contributed by atoms with Crippen LogP contribution in [0.1, 0.15) is 28.3 Å². The molecular formula is C14H17N3O2S. The molecule has 1 aliphatic rings. The first kappa shape index (κ1) is 13.3. The van der Waals surface area contributed by atoms with Gasteiger partial charge >= 0.3 is 0 Å². The Morgan fingerprint density at radius 1 is 1.65 bits per heavy atom. The maximum Gasteiger partial charge on any atom is 0.270 e. The Morgan fingerprint density at radius 3 is 3.20 bits per heavy atom. The predicted molar refractivity (Wildman–Crippen MR) is 77.8 cm³/mol. The number of nitrogens with one attached hydrogen (secondary N) is 1. The summed E-state index contributed by atoms with van der Waals surface area (Å²) in [6.45, 7) is 2.71. The fourth-order valence-corrected chi connectivity index (χ4v) is 3.23. The second-order valence-corrected chi connectivity index (χ2v) is 6.09. The number of hydrogen-bond donors (Lipinski definition) is 2. The van der Waals surface area contributed by atoms with Gasteiger partial charge in [-0.1, -0.05) is 0 Å². The van der Waals surface area contributed by atoms with Crippen LogP contribution in [-0.4, -0.2) is 45.1 Å². The van der Waals surface area contributed by atoms with Gasteiger partial charge in [0.15, 0.2) is 0 Å². The van der Waals surface area contributed by atoms with E-state index in [9.17, 15) is 9.90 Å². The second kappa shape index (κ2) is 5.38. The number of carbonyl (C=O) groups excluding carboxylic acids is 1. The van der Waals surface area contributed by atoms with Gasteiger partial charge in [-0.25, -0.2) is 4.98 Å². The largest absolute Gasteiger partial charge is 0.394 e. The first-order valence-electron chi connectivity index (χ1n) is 6.72. The number of aromatic nitrogens is 2. The first-order valence-corrected chi connectivity index (χ1v) is 7.59. The summed E-state index contributed by atoms with van der Waals surface area (Å²) in [5.41, 5.74) is 2.38. The molecule has 1 amide bonds. The summed E-state index contributed by atoms with van der Waals surface area (Å²) in [7, 11) is 0. The van der Waals surface area contributed by atoms with Crippen LogP contribution in [0, 0.1) is 6.92 Å². The smallest absolute Gasteiger partial charge is 0.270 e. The van der Waals surface area contributed by atoms with Crippen molar-refractivity contribution in [1.29, 1.82) is 0 Å². The van der Waals surface area contributed by atoms with E-state index in [2.05, 4.69) is 9.97 Å². The van der Waals surface area contributed by atoms with Gasteiger partial charge in [-0.05, 0) is 25.8 Å². The molecule has 1 atom stereocenters. The lowest BCUT2D eigenvalue weighted by Gasteiger charge is -2.22. The molecule has 6 heteroatoms. The van der Waals surface area contributed by atoms with Gasteiger partial charge in [-0.3, -0.25) is 4.79 Å². The quantitative estimate of drug-likeness (QED) is 0.909. The zero-order valence-electron chi connectivity index (χ0n) is 11.3. The number of likely N-dealkylation sites (tertiary alicyclic amines) is 1. The number of carbonyl (C=O) groups is 1. The minimum Gasteiger partial charge on any atom is -0.394 e. The summed E-state index contributed by atoms with van der Waals surface area (Å²) >= 11 is 1.59. The molecule has 1 fully saturated rings. The highest BCUT2D eigenvalue weighted by Gasteiger charge is 2.29. The molecule has 0 aliphatic carbocycles. The van der Waals surface area contributed by atoms with Crippen molar-refractivity contribution in [3.63, 3.8) is 0 Å². The summed E-state index contributed by atoms with van der Waals surface area (Å²) in [4.78, 5) is 21.6. The summed E-state index contributed by atoms with van der Waals surface area (Å²) < 4.78 is 0. The van der Waals surface area contributed by atoms with E-state index in [0.717, 1.165) is 29.1 Å². The van der Waals surface area contributed by atoms with Crippen molar-refractivity contribution in [2.75, 3.05) is 13.2 Å². The molecule has 0 aromatic carbocycles. The Kier molecular flexibility index (Phi) is 3.58. The maximum absolute atomic E-state index is 12.4. The Morgan fingerprint density at radius 2 is 2.50 bits per heavy atom. The summed E-state index contributed by atoms with van der Waals surface area (Å²) in [6, 6.07) is 1.79. The average Bonchev–Trinajstić information content (AvgIpc) is 3.17. The molecule has 2 aromatic rings. The molecular weight excluding hydrogens is 274 g/mol. The van der Waals surface area contributed by atoms with Gasteiger partial charge in [0, 0.05) is 23.7 Å². The van der Waals surface area contributed by atoms with Crippen LogP contribution in [0.2, 0.25) is 0 Å². The van der Waals surface area contributed by atoms with Crippen LogP contribution in [0.25, 0.3) is 11.3 Å². The standard InChI is InChI=1S/C14H17N3O2S/c1-9-16-13(8-20-9)10-5-12(15-6-10)14(19)17-4-2-3-11(17)7-18/h5-6,8,11,15,18H,2-4,7H2,1H3. The minimum absolute atomic E-state index is 0.0323. The Hall–Kier alpha value is -1.66. The molecule has 0 saturated carbocycles.